The molecule has 2 aromatic carbocycles. The number of benzene rings is 2. The van der Waals surface area contributed by atoms with Gasteiger partial charge in [-0.2, -0.15) is 4.79 Å². The average molecular weight is 254 g/mol. The molecule has 0 radical (unpaired) electrons. The molecule has 0 aliphatic carbocycles. The average Bonchev–Trinajstić information content (AvgIpc) is 3.17. The lowest BCUT2D eigenvalue weighted by molar-refractivity contribution is -0.754. The minimum absolute atomic E-state index is 0.0823. The largest absolute Gasteiger partial charge is 0.514 e. The topological polar surface area (TPSA) is 37.3 Å². The van der Waals surface area contributed by atoms with Crippen LogP contribution in [0.4, 0.5) is 4.79 Å². The Morgan fingerprint density at radius 3 is 2.21 bits per heavy atom. The normalized spacial score (nSPS) is 24.9. The number of carboxylic acid groups (broad SMARTS) is 1. The second-order valence-electron chi connectivity index (χ2n) is 5.07. The lowest BCUT2D eigenvalue weighted by Gasteiger charge is -2.14. The maximum atomic E-state index is 11.6. The van der Waals surface area contributed by atoms with Gasteiger partial charge in [-0.25, -0.2) is 4.48 Å². The highest BCUT2D eigenvalue weighted by Gasteiger charge is 2.62. The van der Waals surface area contributed by atoms with E-state index in [1.54, 1.807) is 0 Å². The number of hydrogen-bond acceptors (Lipinski definition) is 1. The van der Waals surface area contributed by atoms with Gasteiger partial charge in [-0.1, -0.05) is 60.7 Å². The molecular weight excluding hydrogens is 238 g/mol. The van der Waals surface area contributed by atoms with Gasteiger partial charge >= 0.3 is 6.09 Å². The number of hydrogen-bond donors (Lipinski definition) is 1. The number of amides is 1. The standard InChI is InChI=1S/C16H15NO2/c18-16(19)17(11-13-7-3-1-4-8-13)12-15(17)14-9-5-2-6-10-14/h1-10,15H,11-12H2/p+1/t15-,17-/m0/s1. The van der Waals surface area contributed by atoms with E-state index in [-0.39, 0.29) is 10.5 Å². The summed E-state index contributed by atoms with van der Waals surface area (Å²) < 4.78 is 0.119. The summed E-state index contributed by atoms with van der Waals surface area (Å²) in [6, 6.07) is 19.8. The van der Waals surface area contributed by atoms with E-state index in [1.165, 1.54) is 0 Å². The zero-order chi connectivity index (χ0) is 13.3. The van der Waals surface area contributed by atoms with Gasteiger partial charge in [0.1, 0.15) is 13.1 Å². The van der Waals surface area contributed by atoms with Crippen molar-refractivity contribution in [2.75, 3.05) is 6.54 Å². The first-order valence-electron chi connectivity index (χ1n) is 6.41. The van der Waals surface area contributed by atoms with Crippen LogP contribution in [-0.2, 0) is 6.54 Å². The van der Waals surface area contributed by atoms with Crippen LogP contribution in [0.5, 0.6) is 0 Å². The SMILES string of the molecule is O=C(O)[N@@+]1(Cc2ccccc2)C[C@H]1c1ccccc1. The summed E-state index contributed by atoms with van der Waals surface area (Å²) in [5, 5.41) is 9.57. The predicted octanol–water partition coefficient (Wildman–Crippen LogP) is 3.44. The van der Waals surface area contributed by atoms with Crippen molar-refractivity contribution >= 4 is 6.09 Å². The fourth-order valence-electron chi connectivity index (χ4n) is 2.69. The van der Waals surface area contributed by atoms with Crippen LogP contribution < -0.4 is 0 Å². The van der Waals surface area contributed by atoms with E-state index in [1.807, 2.05) is 60.7 Å². The van der Waals surface area contributed by atoms with Gasteiger partial charge in [-0.3, -0.25) is 0 Å². The Morgan fingerprint density at radius 1 is 1.05 bits per heavy atom. The van der Waals surface area contributed by atoms with E-state index in [9.17, 15) is 9.90 Å². The van der Waals surface area contributed by atoms with Gasteiger partial charge in [0, 0.05) is 11.1 Å². The van der Waals surface area contributed by atoms with E-state index in [0.29, 0.717) is 13.1 Å². The van der Waals surface area contributed by atoms with Crippen LogP contribution in [0.25, 0.3) is 0 Å². The third-order valence-electron chi connectivity index (χ3n) is 3.83. The van der Waals surface area contributed by atoms with Crippen molar-refractivity contribution < 1.29 is 14.4 Å². The van der Waals surface area contributed by atoms with Crippen molar-refractivity contribution in [2.45, 2.75) is 12.6 Å². The van der Waals surface area contributed by atoms with Crippen LogP contribution in [0, 0.1) is 0 Å². The molecule has 3 rings (SSSR count). The molecule has 0 aromatic heterocycles. The Kier molecular flexibility index (Phi) is 2.84. The third kappa shape index (κ3) is 2.13. The maximum absolute atomic E-state index is 11.6. The molecule has 2 aromatic rings. The molecule has 1 aliphatic rings. The van der Waals surface area contributed by atoms with Crippen LogP contribution in [0.2, 0.25) is 0 Å². The van der Waals surface area contributed by atoms with Crippen LogP contribution in [0.1, 0.15) is 17.2 Å². The van der Waals surface area contributed by atoms with Gasteiger partial charge in [0.25, 0.3) is 0 Å². The first-order valence-corrected chi connectivity index (χ1v) is 6.41. The summed E-state index contributed by atoms with van der Waals surface area (Å²) in [5.41, 5.74) is 2.18. The van der Waals surface area contributed by atoms with Crippen molar-refractivity contribution in [3.8, 4) is 0 Å². The van der Waals surface area contributed by atoms with E-state index in [2.05, 4.69) is 0 Å². The van der Waals surface area contributed by atoms with Gasteiger partial charge in [-0.15, -0.1) is 0 Å². The molecular formula is C16H16NO2+. The van der Waals surface area contributed by atoms with Gasteiger partial charge < -0.3 is 5.11 Å². The molecule has 1 heterocycles. The minimum Gasteiger partial charge on any atom is -0.435 e. The van der Waals surface area contributed by atoms with E-state index >= 15 is 0 Å². The summed E-state index contributed by atoms with van der Waals surface area (Å²) in [6.45, 7) is 1.23. The molecule has 0 spiro atoms. The highest BCUT2D eigenvalue weighted by atomic mass is 16.4. The Balaban J connectivity index is 1.86. The monoisotopic (exact) mass is 254 g/mol. The number of quaternary nitrogens is 1. The summed E-state index contributed by atoms with van der Waals surface area (Å²) in [6.07, 6.45) is -0.738. The lowest BCUT2D eigenvalue weighted by atomic mass is 10.1. The van der Waals surface area contributed by atoms with Gasteiger partial charge in [-0.05, 0) is 0 Å². The van der Waals surface area contributed by atoms with Crippen LogP contribution >= 0.6 is 0 Å². The highest BCUT2D eigenvalue weighted by Crippen LogP contribution is 2.46. The summed E-state index contributed by atoms with van der Waals surface area (Å²) in [7, 11) is 0. The van der Waals surface area contributed by atoms with Crippen molar-refractivity contribution in [2.24, 2.45) is 0 Å². The van der Waals surface area contributed by atoms with E-state index < -0.39 is 6.09 Å². The van der Waals surface area contributed by atoms with Crippen molar-refractivity contribution in [3.05, 3.63) is 71.8 Å². The molecule has 1 amide bonds. The zero-order valence-corrected chi connectivity index (χ0v) is 10.6. The molecule has 1 aliphatic heterocycles. The molecule has 1 fully saturated rings. The second-order valence-corrected chi connectivity index (χ2v) is 5.07. The first-order chi connectivity index (χ1) is 9.22. The number of rotatable bonds is 3. The predicted molar refractivity (Wildman–Crippen MR) is 72.5 cm³/mol. The van der Waals surface area contributed by atoms with Gasteiger partial charge in [0.05, 0.1) is 0 Å². The molecule has 1 saturated heterocycles. The fourth-order valence-corrected chi connectivity index (χ4v) is 2.69. The fraction of sp³-hybridized carbons (Fsp3) is 0.188. The van der Waals surface area contributed by atoms with Crippen LogP contribution in [0.15, 0.2) is 60.7 Å². The number of carbonyl (C=O) groups is 1. The van der Waals surface area contributed by atoms with Crippen molar-refractivity contribution in [1.82, 2.24) is 0 Å². The Labute approximate surface area is 112 Å². The molecule has 3 heteroatoms. The van der Waals surface area contributed by atoms with Gasteiger partial charge in [0.2, 0.25) is 0 Å². The Hall–Kier alpha value is -2.13. The minimum atomic E-state index is -0.738. The second kappa shape index (κ2) is 4.52. The summed E-state index contributed by atoms with van der Waals surface area (Å²) in [4.78, 5) is 11.6. The number of nitrogens with zero attached hydrogens (tertiary/aromatic N) is 1. The van der Waals surface area contributed by atoms with Crippen LogP contribution in [0.3, 0.4) is 0 Å². The molecule has 0 saturated carbocycles. The smallest absolute Gasteiger partial charge is 0.435 e. The lowest BCUT2D eigenvalue weighted by Crippen LogP contribution is -2.32. The molecule has 1 N–H and O–H groups in total. The molecule has 0 unspecified atom stereocenters. The highest BCUT2D eigenvalue weighted by molar-refractivity contribution is 5.59. The summed E-state index contributed by atoms with van der Waals surface area (Å²) >= 11 is 0. The molecule has 96 valence electrons. The summed E-state index contributed by atoms with van der Waals surface area (Å²) in [5.74, 6) is 0. The molecule has 19 heavy (non-hydrogen) atoms. The molecule has 3 nitrogen and oxygen atoms in total. The van der Waals surface area contributed by atoms with Gasteiger partial charge in [0.15, 0.2) is 6.04 Å². The van der Waals surface area contributed by atoms with Crippen molar-refractivity contribution in [3.63, 3.8) is 0 Å². The third-order valence-corrected chi connectivity index (χ3v) is 3.83. The molecule has 2 atom stereocenters. The molecule has 0 bridgehead atoms. The maximum Gasteiger partial charge on any atom is 0.514 e. The van der Waals surface area contributed by atoms with Crippen LogP contribution in [-0.4, -0.2) is 22.2 Å². The zero-order valence-electron chi connectivity index (χ0n) is 10.6. The Morgan fingerprint density at radius 2 is 1.63 bits per heavy atom. The van der Waals surface area contributed by atoms with E-state index in [4.69, 9.17) is 0 Å². The quantitative estimate of drug-likeness (QED) is 0.673. The van der Waals surface area contributed by atoms with Crippen molar-refractivity contribution in [1.29, 1.82) is 0 Å². The first kappa shape index (κ1) is 11.9. The Bertz CT molecular complexity index is 582. The van der Waals surface area contributed by atoms with E-state index in [0.717, 1.165) is 11.1 Å².